The third kappa shape index (κ3) is 4.38. The minimum absolute atomic E-state index is 0.188. The number of fused-ring (bicyclic) bond motifs is 1. The van der Waals surface area contributed by atoms with E-state index in [1.807, 2.05) is 4.68 Å². The Labute approximate surface area is 208 Å². The second kappa shape index (κ2) is 9.48. The number of pyridine rings is 2. The van der Waals surface area contributed by atoms with Crippen LogP contribution in [0.3, 0.4) is 0 Å². The molecule has 1 amide bonds. The standard InChI is InChI=1S/C26H26ClN7O/c1-3-16-14-30-25(28)22-23(32-34(24(16)22)18-7-6-12-33(2)15-18)19-10-9-17(13-20(19)27)26(35)31-21-8-4-5-11-29-21/h3-5,8-11,13-14,18H,1,6-7,12,15H2,2H3,(H2,28,30)(H,29,31,35)/t18-/m1/s1. The Bertz CT molecular complexity index is 1420. The van der Waals surface area contributed by atoms with Crippen LogP contribution in [0.5, 0.6) is 0 Å². The molecular weight excluding hydrogens is 462 g/mol. The van der Waals surface area contributed by atoms with E-state index in [1.165, 1.54) is 0 Å². The van der Waals surface area contributed by atoms with Crippen LogP contribution in [0.15, 0.2) is 55.4 Å². The highest BCUT2D eigenvalue weighted by atomic mass is 35.5. The van der Waals surface area contributed by atoms with Crippen LogP contribution in [0.4, 0.5) is 11.6 Å². The van der Waals surface area contributed by atoms with Crippen LogP contribution >= 0.6 is 11.6 Å². The summed E-state index contributed by atoms with van der Waals surface area (Å²) in [6.45, 7) is 5.92. The number of rotatable bonds is 5. The summed E-state index contributed by atoms with van der Waals surface area (Å²) in [6, 6.07) is 10.7. The summed E-state index contributed by atoms with van der Waals surface area (Å²) in [5, 5.41) is 8.93. The monoisotopic (exact) mass is 487 g/mol. The smallest absolute Gasteiger partial charge is 0.256 e. The van der Waals surface area contributed by atoms with Crippen LogP contribution in [0, 0.1) is 0 Å². The predicted molar refractivity (Wildman–Crippen MR) is 140 cm³/mol. The summed E-state index contributed by atoms with van der Waals surface area (Å²) in [4.78, 5) is 23.6. The van der Waals surface area contributed by atoms with Crippen molar-refractivity contribution in [2.75, 3.05) is 31.2 Å². The Morgan fingerprint density at radius 1 is 1.29 bits per heavy atom. The highest BCUT2D eigenvalue weighted by Crippen LogP contribution is 2.39. The van der Waals surface area contributed by atoms with E-state index in [-0.39, 0.29) is 11.9 Å². The van der Waals surface area contributed by atoms with Crippen molar-refractivity contribution in [1.29, 1.82) is 0 Å². The van der Waals surface area contributed by atoms with Gasteiger partial charge in [-0.3, -0.25) is 9.48 Å². The van der Waals surface area contributed by atoms with Crippen molar-refractivity contribution in [2.24, 2.45) is 0 Å². The van der Waals surface area contributed by atoms with Gasteiger partial charge in [0.25, 0.3) is 5.91 Å². The molecule has 1 aliphatic heterocycles. The van der Waals surface area contributed by atoms with E-state index in [2.05, 4.69) is 33.8 Å². The highest BCUT2D eigenvalue weighted by Gasteiger charge is 2.27. The number of benzene rings is 1. The van der Waals surface area contributed by atoms with Gasteiger partial charge in [0.05, 0.1) is 22.0 Å². The maximum absolute atomic E-state index is 12.7. The number of aromatic nitrogens is 4. The number of halogens is 1. The van der Waals surface area contributed by atoms with Crippen LogP contribution in [0.2, 0.25) is 5.02 Å². The molecule has 4 heterocycles. The molecule has 1 aromatic carbocycles. The van der Waals surface area contributed by atoms with Crippen molar-refractivity contribution in [3.63, 3.8) is 0 Å². The topological polar surface area (TPSA) is 102 Å². The summed E-state index contributed by atoms with van der Waals surface area (Å²) >= 11 is 6.72. The molecule has 5 rings (SSSR count). The van der Waals surface area contributed by atoms with Crippen molar-refractivity contribution < 1.29 is 4.79 Å². The minimum atomic E-state index is -0.298. The van der Waals surface area contributed by atoms with Gasteiger partial charge in [-0.2, -0.15) is 5.10 Å². The van der Waals surface area contributed by atoms with E-state index in [0.29, 0.717) is 33.5 Å². The third-order valence-corrected chi connectivity index (χ3v) is 6.65. The summed E-state index contributed by atoms with van der Waals surface area (Å²) in [7, 11) is 2.12. The molecule has 0 aliphatic carbocycles. The molecule has 0 unspecified atom stereocenters. The molecule has 0 spiro atoms. The van der Waals surface area contributed by atoms with E-state index in [4.69, 9.17) is 22.4 Å². The fourth-order valence-electron chi connectivity index (χ4n) is 4.63. The minimum Gasteiger partial charge on any atom is -0.383 e. The number of hydrogen-bond acceptors (Lipinski definition) is 6. The lowest BCUT2D eigenvalue weighted by atomic mass is 10.0. The van der Waals surface area contributed by atoms with Crippen molar-refractivity contribution in [3.8, 4) is 11.3 Å². The summed E-state index contributed by atoms with van der Waals surface area (Å²) in [6.07, 6.45) is 7.22. The summed E-state index contributed by atoms with van der Waals surface area (Å²) in [5.74, 6) is 0.549. The number of nitrogens with one attached hydrogen (secondary N) is 1. The molecule has 1 atom stereocenters. The number of nitrogens with zero attached hydrogens (tertiary/aromatic N) is 5. The number of likely N-dealkylation sites (tertiary alicyclic amines) is 1. The van der Waals surface area contributed by atoms with E-state index in [1.54, 1.807) is 54.9 Å². The maximum atomic E-state index is 12.7. The molecule has 0 radical (unpaired) electrons. The van der Waals surface area contributed by atoms with Gasteiger partial charge in [0.2, 0.25) is 0 Å². The van der Waals surface area contributed by atoms with Crippen LogP contribution in [0.1, 0.15) is 34.8 Å². The molecule has 1 fully saturated rings. The molecule has 0 saturated carbocycles. The number of amides is 1. The Morgan fingerprint density at radius 2 is 2.14 bits per heavy atom. The fraction of sp³-hybridized carbons (Fsp3) is 0.231. The first kappa shape index (κ1) is 23.0. The molecule has 0 bridgehead atoms. The molecule has 8 nitrogen and oxygen atoms in total. The molecule has 1 aliphatic rings. The van der Waals surface area contributed by atoms with Gasteiger partial charge in [0.15, 0.2) is 0 Å². The number of hydrogen-bond donors (Lipinski definition) is 2. The average Bonchev–Trinajstić information content (AvgIpc) is 3.26. The maximum Gasteiger partial charge on any atom is 0.256 e. The number of carbonyl (C=O) groups excluding carboxylic acids is 1. The van der Waals surface area contributed by atoms with Crippen molar-refractivity contribution >= 4 is 46.1 Å². The van der Waals surface area contributed by atoms with Gasteiger partial charge in [-0.25, -0.2) is 9.97 Å². The number of piperidine rings is 1. The lowest BCUT2D eigenvalue weighted by molar-refractivity contribution is 0.102. The van der Waals surface area contributed by atoms with Gasteiger partial charge >= 0.3 is 0 Å². The molecular formula is C26H26ClN7O. The number of carbonyl (C=O) groups is 1. The molecule has 4 aromatic rings. The van der Waals surface area contributed by atoms with E-state index in [0.717, 1.165) is 42.4 Å². The SMILES string of the molecule is C=Cc1cnc(N)c2c(-c3ccc(C(=O)Nc4ccccn4)cc3Cl)nn([C@@H]3CCCN(C)C3)c12. The Hall–Kier alpha value is -3.75. The second-order valence-corrected chi connectivity index (χ2v) is 9.15. The van der Waals surface area contributed by atoms with Crippen LogP contribution in [-0.2, 0) is 0 Å². The van der Waals surface area contributed by atoms with Crippen molar-refractivity contribution in [1.82, 2.24) is 24.6 Å². The van der Waals surface area contributed by atoms with Gasteiger partial charge in [-0.15, -0.1) is 0 Å². The third-order valence-electron chi connectivity index (χ3n) is 6.34. The van der Waals surface area contributed by atoms with Gasteiger partial charge in [0.1, 0.15) is 17.3 Å². The first-order valence-electron chi connectivity index (χ1n) is 11.5. The number of nitrogens with two attached hydrogens (primary N) is 1. The van der Waals surface area contributed by atoms with Gasteiger partial charge < -0.3 is 16.0 Å². The molecule has 3 aromatic heterocycles. The summed E-state index contributed by atoms with van der Waals surface area (Å²) in [5.41, 5.74) is 9.89. The molecule has 178 valence electrons. The number of anilines is 2. The molecule has 1 saturated heterocycles. The van der Waals surface area contributed by atoms with Crippen molar-refractivity contribution in [2.45, 2.75) is 18.9 Å². The molecule has 3 N–H and O–H groups in total. The van der Waals surface area contributed by atoms with E-state index in [9.17, 15) is 4.79 Å². The average molecular weight is 488 g/mol. The molecule has 9 heteroatoms. The van der Waals surface area contributed by atoms with E-state index < -0.39 is 0 Å². The predicted octanol–water partition coefficient (Wildman–Crippen LogP) is 4.89. The summed E-state index contributed by atoms with van der Waals surface area (Å²) < 4.78 is 2.05. The highest BCUT2D eigenvalue weighted by molar-refractivity contribution is 6.34. The fourth-order valence-corrected chi connectivity index (χ4v) is 4.90. The first-order valence-corrected chi connectivity index (χ1v) is 11.8. The quantitative estimate of drug-likeness (QED) is 0.415. The zero-order valence-corrected chi connectivity index (χ0v) is 20.2. The number of nitrogen functional groups attached to an aromatic ring is 1. The second-order valence-electron chi connectivity index (χ2n) is 8.74. The normalized spacial score (nSPS) is 16.3. The van der Waals surface area contributed by atoms with Gasteiger partial charge in [-0.1, -0.05) is 36.4 Å². The Morgan fingerprint density at radius 3 is 2.86 bits per heavy atom. The van der Waals surface area contributed by atoms with Crippen molar-refractivity contribution in [3.05, 3.63) is 71.5 Å². The van der Waals surface area contributed by atoms with Crippen LogP contribution in [-0.4, -0.2) is 50.7 Å². The van der Waals surface area contributed by atoms with Gasteiger partial charge in [-0.05, 0) is 50.7 Å². The first-order chi connectivity index (χ1) is 17.0. The van der Waals surface area contributed by atoms with E-state index >= 15 is 0 Å². The zero-order chi connectivity index (χ0) is 24.5. The Balaban J connectivity index is 1.59. The largest absolute Gasteiger partial charge is 0.383 e. The van der Waals surface area contributed by atoms with Gasteiger partial charge in [0, 0.05) is 35.6 Å². The Kier molecular flexibility index (Phi) is 6.23. The molecule has 35 heavy (non-hydrogen) atoms. The van der Waals surface area contributed by atoms with Crippen LogP contribution in [0.25, 0.3) is 28.2 Å². The van der Waals surface area contributed by atoms with Crippen LogP contribution < -0.4 is 11.1 Å². The lowest BCUT2D eigenvalue weighted by Crippen LogP contribution is -2.34. The zero-order valence-electron chi connectivity index (χ0n) is 19.4. The lowest BCUT2D eigenvalue weighted by Gasteiger charge is -2.30. The number of likely N-dealkylation sites (N-methyl/N-ethyl adjacent to an activating group) is 1.